The maximum absolute atomic E-state index is 3.90. The molecule has 6 nitrogen and oxygen atoms in total. The fourth-order valence-electron chi connectivity index (χ4n) is 6.39. The third kappa shape index (κ3) is 8.84. The first kappa shape index (κ1) is 26.4. The van der Waals surface area contributed by atoms with Gasteiger partial charge in [-0.3, -0.25) is 0 Å². The molecule has 0 spiro atoms. The minimum absolute atomic E-state index is 0.656. The second kappa shape index (κ2) is 15.6. The third-order valence-electron chi connectivity index (χ3n) is 8.37. The van der Waals surface area contributed by atoms with Crippen molar-refractivity contribution in [1.82, 2.24) is 31.9 Å². The Morgan fingerprint density at radius 3 is 0.938 bits per heavy atom. The maximum atomic E-state index is 3.90. The zero-order valence-electron chi connectivity index (χ0n) is 21.2. The van der Waals surface area contributed by atoms with Gasteiger partial charge in [-0.25, -0.2) is 0 Å². The van der Waals surface area contributed by atoms with E-state index in [-0.39, 0.29) is 0 Å². The predicted octanol–water partition coefficient (Wildman–Crippen LogP) is 2.50. The summed E-state index contributed by atoms with van der Waals surface area (Å²) >= 11 is 0. The van der Waals surface area contributed by atoms with Gasteiger partial charge in [-0.1, -0.05) is 38.5 Å². The highest BCUT2D eigenvalue weighted by molar-refractivity contribution is 4.88. The molecule has 6 N–H and O–H groups in total. The molecule has 0 unspecified atom stereocenters. The largest absolute Gasteiger partial charge is 0.315 e. The molecule has 0 aliphatic heterocycles. The van der Waals surface area contributed by atoms with E-state index >= 15 is 0 Å². The van der Waals surface area contributed by atoms with Crippen LogP contribution in [-0.2, 0) is 0 Å². The van der Waals surface area contributed by atoms with E-state index in [4.69, 9.17) is 0 Å². The van der Waals surface area contributed by atoms with Crippen molar-refractivity contribution in [2.24, 2.45) is 0 Å². The van der Waals surface area contributed by atoms with Gasteiger partial charge in [0.05, 0.1) is 0 Å². The van der Waals surface area contributed by atoms with Crippen LogP contribution in [0.5, 0.6) is 0 Å². The molecule has 0 heterocycles. The van der Waals surface area contributed by atoms with Crippen molar-refractivity contribution < 1.29 is 0 Å². The van der Waals surface area contributed by atoms with Crippen LogP contribution >= 0.6 is 0 Å². The van der Waals surface area contributed by atoms with Gasteiger partial charge in [0.1, 0.15) is 0 Å². The smallest absolute Gasteiger partial charge is 0.0221 e. The molecule has 0 radical (unpaired) electrons. The fourth-order valence-corrected chi connectivity index (χ4v) is 6.39. The molecule has 32 heavy (non-hydrogen) atoms. The van der Waals surface area contributed by atoms with Gasteiger partial charge in [-0.15, -0.1) is 0 Å². The van der Waals surface area contributed by atoms with Crippen molar-refractivity contribution in [3.63, 3.8) is 0 Å². The lowest BCUT2D eigenvalue weighted by Gasteiger charge is -2.34. The average Bonchev–Trinajstić information content (AvgIpc) is 2.85. The Morgan fingerprint density at radius 1 is 0.406 bits per heavy atom. The Balaban J connectivity index is 1.25. The number of nitrogens with one attached hydrogen (secondary N) is 6. The first-order valence-electron chi connectivity index (χ1n) is 14.1. The van der Waals surface area contributed by atoms with Crippen LogP contribution in [0.3, 0.4) is 0 Å². The molecule has 0 bridgehead atoms. The SMILES string of the molecule is CN[C@H]1CCCC[C@@H]1NCCCN[C@@H]1CCCC[C@H]1NCCCN[C@H]1CCCC[C@@H]1NC. The number of likely N-dealkylation sites (N-methyl/N-ethyl adjacent to an activating group) is 2. The molecule has 0 aromatic carbocycles. The van der Waals surface area contributed by atoms with E-state index < -0.39 is 0 Å². The number of hydrogen-bond donors (Lipinski definition) is 6. The second-order valence-corrected chi connectivity index (χ2v) is 10.6. The minimum Gasteiger partial charge on any atom is -0.315 e. The molecular formula is C26H54N6. The molecule has 0 saturated heterocycles. The highest BCUT2D eigenvalue weighted by Gasteiger charge is 2.25. The van der Waals surface area contributed by atoms with Gasteiger partial charge in [0.15, 0.2) is 0 Å². The Labute approximate surface area is 198 Å². The molecule has 3 saturated carbocycles. The topological polar surface area (TPSA) is 72.2 Å². The van der Waals surface area contributed by atoms with E-state index in [2.05, 4.69) is 46.0 Å². The van der Waals surface area contributed by atoms with Crippen molar-refractivity contribution in [2.45, 2.75) is 126 Å². The summed E-state index contributed by atoms with van der Waals surface area (Å²) in [7, 11) is 4.24. The first-order chi connectivity index (χ1) is 15.8. The second-order valence-electron chi connectivity index (χ2n) is 10.6. The van der Waals surface area contributed by atoms with Crippen LogP contribution in [0, 0.1) is 0 Å². The molecule has 3 rings (SSSR count). The summed E-state index contributed by atoms with van der Waals surface area (Å²) in [5.74, 6) is 0. The number of rotatable bonds is 14. The molecule has 6 atom stereocenters. The predicted molar refractivity (Wildman–Crippen MR) is 137 cm³/mol. The van der Waals surface area contributed by atoms with E-state index in [0.717, 1.165) is 26.2 Å². The van der Waals surface area contributed by atoms with Crippen molar-refractivity contribution >= 4 is 0 Å². The van der Waals surface area contributed by atoms with Crippen LogP contribution in [0.2, 0.25) is 0 Å². The van der Waals surface area contributed by atoms with Crippen LogP contribution in [0.25, 0.3) is 0 Å². The third-order valence-corrected chi connectivity index (χ3v) is 8.37. The number of hydrogen-bond acceptors (Lipinski definition) is 6. The van der Waals surface area contributed by atoms with Crippen LogP contribution < -0.4 is 31.9 Å². The lowest BCUT2D eigenvalue weighted by atomic mass is 9.90. The Morgan fingerprint density at radius 2 is 0.656 bits per heavy atom. The minimum atomic E-state index is 0.656. The quantitative estimate of drug-likeness (QED) is 0.229. The molecule has 0 amide bonds. The molecule has 3 aliphatic carbocycles. The average molecular weight is 451 g/mol. The lowest BCUT2D eigenvalue weighted by Crippen LogP contribution is -2.52. The summed E-state index contributed by atoms with van der Waals surface area (Å²) in [4.78, 5) is 0. The molecule has 0 aromatic heterocycles. The van der Waals surface area contributed by atoms with E-state index in [1.54, 1.807) is 0 Å². The van der Waals surface area contributed by atoms with Crippen LogP contribution in [0.15, 0.2) is 0 Å². The molecule has 0 aromatic rings. The van der Waals surface area contributed by atoms with Gasteiger partial charge >= 0.3 is 0 Å². The summed E-state index contributed by atoms with van der Waals surface area (Å²) in [6.45, 7) is 4.56. The van der Waals surface area contributed by atoms with Gasteiger partial charge < -0.3 is 31.9 Å². The van der Waals surface area contributed by atoms with Crippen LogP contribution in [0.1, 0.15) is 89.9 Å². The van der Waals surface area contributed by atoms with E-state index in [0.29, 0.717) is 36.3 Å². The van der Waals surface area contributed by atoms with Crippen molar-refractivity contribution in [3.8, 4) is 0 Å². The van der Waals surface area contributed by atoms with Gasteiger partial charge in [0, 0.05) is 36.3 Å². The lowest BCUT2D eigenvalue weighted by molar-refractivity contribution is 0.272. The van der Waals surface area contributed by atoms with Gasteiger partial charge in [0.25, 0.3) is 0 Å². The Bertz CT molecular complexity index is 433. The molecule has 188 valence electrons. The van der Waals surface area contributed by atoms with Crippen LogP contribution in [0.4, 0.5) is 0 Å². The molecule has 3 fully saturated rings. The Kier molecular flexibility index (Phi) is 12.9. The van der Waals surface area contributed by atoms with Crippen LogP contribution in [-0.4, -0.2) is 76.5 Å². The monoisotopic (exact) mass is 450 g/mol. The first-order valence-corrected chi connectivity index (χ1v) is 14.1. The highest BCUT2D eigenvalue weighted by atomic mass is 15.0. The summed E-state index contributed by atoms with van der Waals surface area (Å²) in [6.07, 6.45) is 18.7. The van der Waals surface area contributed by atoms with Gasteiger partial charge in [0.2, 0.25) is 0 Å². The van der Waals surface area contributed by atoms with Gasteiger partial charge in [-0.2, -0.15) is 0 Å². The zero-order valence-corrected chi connectivity index (χ0v) is 21.2. The van der Waals surface area contributed by atoms with Crippen molar-refractivity contribution in [3.05, 3.63) is 0 Å². The molecule has 3 aliphatic rings. The Hall–Kier alpha value is -0.240. The van der Waals surface area contributed by atoms with Crippen molar-refractivity contribution in [2.75, 3.05) is 40.3 Å². The van der Waals surface area contributed by atoms with E-state index in [1.165, 1.54) is 89.9 Å². The normalized spacial score (nSPS) is 33.9. The van der Waals surface area contributed by atoms with Gasteiger partial charge in [-0.05, 0) is 91.6 Å². The summed E-state index contributed by atoms with van der Waals surface area (Å²) < 4.78 is 0. The summed E-state index contributed by atoms with van der Waals surface area (Å²) in [5, 5.41) is 22.5. The van der Waals surface area contributed by atoms with E-state index in [9.17, 15) is 0 Å². The molecular weight excluding hydrogens is 396 g/mol. The maximum Gasteiger partial charge on any atom is 0.0221 e. The zero-order chi connectivity index (χ0) is 22.4. The standard InChI is InChI=1S/C26H54N6/c1-27-21-11-3-5-13-23(21)29-17-9-19-31-25-15-7-8-16-26(25)32-20-10-18-30-24-14-6-4-12-22(24)28-2/h21-32H,3-20H2,1-2H3/t21-,22-,23-,24-,25+,26+/m0/s1. The summed E-state index contributed by atoms with van der Waals surface area (Å²) in [5.41, 5.74) is 0. The summed E-state index contributed by atoms with van der Waals surface area (Å²) in [6, 6.07) is 3.99. The molecule has 6 heteroatoms. The fraction of sp³-hybridized carbons (Fsp3) is 1.00. The van der Waals surface area contributed by atoms with Crippen molar-refractivity contribution in [1.29, 1.82) is 0 Å². The van der Waals surface area contributed by atoms with E-state index in [1.807, 2.05) is 0 Å². The highest BCUT2D eigenvalue weighted by Crippen LogP contribution is 2.20.